The number of likely N-dealkylation sites (tertiary alicyclic amines) is 1. The maximum atomic E-state index is 13.2. The first-order valence-corrected chi connectivity index (χ1v) is 8.72. The third kappa shape index (κ3) is 2.14. The molecule has 1 N–H and O–H groups in total. The molecule has 2 atom stereocenters. The third-order valence-corrected chi connectivity index (χ3v) is 5.49. The molecule has 7 heteroatoms. The minimum atomic E-state index is -0.852. The highest BCUT2D eigenvalue weighted by Gasteiger charge is 2.59. The van der Waals surface area contributed by atoms with Gasteiger partial charge in [-0.05, 0) is 29.7 Å². The molecule has 2 aliphatic heterocycles. The minimum Gasteiger partial charge on any atom is -0.438 e. The molecule has 3 aromatic rings. The largest absolute Gasteiger partial charge is 0.438 e. The smallest absolute Gasteiger partial charge is 0.291 e. The molecule has 0 saturated carbocycles. The Kier molecular flexibility index (Phi) is 3.36. The van der Waals surface area contributed by atoms with Crippen LogP contribution in [-0.4, -0.2) is 33.2 Å². The molecule has 0 aliphatic carbocycles. The van der Waals surface area contributed by atoms with Gasteiger partial charge in [-0.15, -0.1) is 0 Å². The number of aromatic nitrogens is 2. The Morgan fingerprint density at radius 1 is 1.19 bits per heavy atom. The van der Waals surface area contributed by atoms with Gasteiger partial charge in [-0.1, -0.05) is 24.3 Å². The standard InChI is InChI=1S/C20H16N4O3/c25-18(16-11-22-12-27-16)24-9-7-20(17(24)13-4-3-8-21-10-13)14-5-1-2-6-15(14)23-19(20)26/h1-6,8,10-12,17H,7,9H2,(H,23,26). The summed E-state index contributed by atoms with van der Waals surface area (Å²) in [7, 11) is 0. The summed E-state index contributed by atoms with van der Waals surface area (Å²) in [6.07, 6.45) is 6.55. The lowest BCUT2D eigenvalue weighted by molar-refractivity contribution is -0.121. The fraction of sp³-hybridized carbons (Fsp3) is 0.200. The van der Waals surface area contributed by atoms with Gasteiger partial charge in [-0.25, -0.2) is 4.98 Å². The normalized spacial score (nSPS) is 23.5. The van der Waals surface area contributed by atoms with E-state index in [1.807, 2.05) is 36.4 Å². The van der Waals surface area contributed by atoms with E-state index < -0.39 is 11.5 Å². The molecule has 1 aromatic carbocycles. The van der Waals surface area contributed by atoms with E-state index in [9.17, 15) is 9.59 Å². The lowest BCUT2D eigenvalue weighted by Gasteiger charge is -2.33. The van der Waals surface area contributed by atoms with Crippen LogP contribution < -0.4 is 5.32 Å². The summed E-state index contributed by atoms with van der Waals surface area (Å²) in [6, 6.07) is 10.9. The lowest BCUT2D eigenvalue weighted by atomic mass is 9.73. The van der Waals surface area contributed by atoms with Gasteiger partial charge < -0.3 is 14.6 Å². The zero-order chi connectivity index (χ0) is 18.4. The van der Waals surface area contributed by atoms with Crippen molar-refractivity contribution in [2.24, 2.45) is 0 Å². The van der Waals surface area contributed by atoms with Crippen LogP contribution in [0.5, 0.6) is 0 Å². The van der Waals surface area contributed by atoms with E-state index in [0.717, 1.165) is 16.8 Å². The first-order chi connectivity index (χ1) is 13.2. The Morgan fingerprint density at radius 3 is 2.85 bits per heavy atom. The number of oxazole rings is 1. The number of para-hydroxylation sites is 1. The molecule has 2 aromatic heterocycles. The molecule has 7 nitrogen and oxygen atoms in total. The van der Waals surface area contributed by atoms with Crippen LogP contribution in [0, 0.1) is 0 Å². The fourth-order valence-corrected chi connectivity index (χ4v) is 4.37. The van der Waals surface area contributed by atoms with Crippen molar-refractivity contribution >= 4 is 17.5 Å². The molecule has 2 unspecified atom stereocenters. The van der Waals surface area contributed by atoms with E-state index in [4.69, 9.17) is 4.42 Å². The molecule has 4 heterocycles. The van der Waals surface area contributed by atoms with Gasteiger partial charge in [0.05, 0.1) is 12.2 Å². The van der Waals surface area contributed by atoms with E-state index in [1.165, 1.54) is 12.6 Å². The number of carbonyl (C=O) groups is 2. The SMILES string of the molecule is O=C(c1cnco1)N1CCC2(C(=O)Nc3ccccc32)C1c1cccnc1. The quantitative estimate of drug-likeness (QED) is 0.759. The van der Waals surface area contributed by atoms with Gasteiger partial charge in [0.1, 0.15) is 5.41 Å². The number of hydrogen-bond donors (Lipinski definition) is 1. The molecule has 2 aliphatic rings. The van der Waals surface area contributed by atoms with Gasteiger partial charge in [0.15, 0.2) is 6.39 Å². The topological polar surface area (TPSA) is 88.3 Å². The Morgan fingerprint density at radius 2 is 2.07 bits per heavy atom. The molecule has 1 fully saturated rings. The zero-order valence-electron chi connectivity index (χ0n) is 14.3. The van der Waals surface area contributed by atoms with E-state index in [-0.39, 0.29) is 17.6 Å². The highest BCUT2D eigenvalue weighted by atomic mass is 16.3. The summed E-state index contributed by atoms with van der Waals surface area (Å²) in [5, 5.41) is 2.99. The predicted molar refractivity (Wildman–Crippen MR) is 95.9 cm³/mol. The summed E-state index contributed by atoms with van der Waals surface area (Å²) in [6.45, 7) is 0.431. The highest BCUT2D eigenvalue weighted by Crippen LogP contribution is 2.54. The molecule has 0 bridgehead atoms. The summed E-state index contributed by atoms with van der Waals surface area (Å²) < 4.78 is 5.22. The van der Waals surface area contributed by atoms with Crippen LogP contribution in [0.1, 0.15) is 34.1 Å². The molecule has 1 saturated heterocycles. The fourth-order valence-electron chi connectivity index (χ4n) is 4.37. The van der Waals surface area contributed by atoms with Crippen LogP contribution >= 0.6 is 0 Å². The Labute approximate surface area is 155 Å². The Bertz CT molecular complexity index is 1020. The Balaban J connectivity index is 1.69. The number of anilines is 1. The maximum Gasteiger partial charge on any atom is 0.291 e. The average molecular weight is 360 g/mol. The van der Waals surface area contributed by atoms with Crippen molar-refractivity contribution < 1.29 is 14.0 Å². The number of fused-ring (bicyclic) bond motifs is 2. The van der Waals surface area contributed by atoms with Crippen LogP contribution in [0.4, 0.5) is 5.69 Å². The van der Waals surface area contributed by atoms with E-state index >= 15 is 0 Å². The highest BCUT2D eigenvalue weighted by molar-refractivity contribution is 6.08. The predicted octanol–water partition coefficient (Wildman–Crippen LogP) is 2.55. The molecule has 5 rings (SSSR count). The summed E-state index contributed by atoms with van der Waals surface area (Å²) >= 11 is 0. The second-order valence-electron chi connectivity index (χ2n) is 6.77. The number of hydrogen-bond acceptors (Lipinski definition) is 5. The van der Waals surface area contributed by atoms with Gasteiger partial charge in [0.2, 0.25) is 11.7 Å². The minimum absolute atomic E-state index is 0.0922. The molecule has 27 heavy (non-hydrogen) atoms. The van der Waals surface area contributed by atoms with Gasteiger partial charge >= 0.3 is 0 Å². The summed E-state index contributed by atoms with van der Waals surface area (Å²) in [4.78, 5) is 36.0. The summed E-state index contributed by atoms with van der Waals surface area (Å²) in [5.41, 5.74) is 1.67. The molecule has 0 radical (unpaired) electrons. The first kappa shape index (κ1) is 15.7. The van der Waals surface area contributed by atoms with Crippen LogP contribution in [0.2, 0.25) is 0 Å². The average Bonchev–Trinajstić information content (AvgIpc) is 3.42. The van der Waals surface area contributed by atoms with Crippen molar-refractivity contribution in [3.8, 4) is 0 Å². The number of benzene rings is 1. The summed E-state index contributed by atoms with van der Waals surface area (Å²) in [5.74, 6) is -0.214. The lowest BCUT2D eigenvalue weighted by Crippen LogP contribution is -2.42. The van der Waals surface area contributed by atoms with Gasteiger partial charge in [0.25, 0.3) is 5.91 Å². The monoisotopic (exact) mass is 360 g/mol. The van der Waals surface area contributed by atoms with Crippen molar-refractivity contribution in [1.82, 2.24) is 14.9 Å². The van der Waals surface area contributed by atoms with Crippen LogP contribution in [0.3, 0.4) is 0 Å². The Hall–Kier alpha value is -3.48. The third-order valence-electron chi connectivity index (χ3n) is 5.49. The number of carbonyl (C=O) groups excluding carboxylic acids is 2. The van der Waals surface area contributed by atoms with Crippen molar-refractivity contribution in [3.63, 3.8) is 0 Å². The molecular formula is C20H16N4O3. The van der Waals surface area contributed by atoms with Crippen molar-refractivity contribution in [3.05, 3.63) is 78.3 Å². The van der Waals surface area contributed by atoms with Crippen molar-refractivity contribution in [2.75, 3.05) is 11.9 Å². The van der Waals surface area contributed by atoms with Gasteiger partial charge in [-0.2, -0.15) is 0 Å². The second-order valence-corrected chi connectivity index (χ2v) is 6.77. The van der Waals surface area contributed by atoms with E-state index in [0.29, 0.717) is 13.0 Å². The van der Waals surface area contributed by atoms with Gasteiger partial charge in [0, 0.05) is 24.6 Å². The number of nitrogens with zero attached hydrogens (tertiary/aromatic N) is 3. The molecule has 134 valence electrons. The molecule has 2 amide bonds. The number of amides is 2. The molecular weight excluding hydrogens is 344 g/mol. The maximum absolute atomic E-state index is 13.2. The number of nitrogens with one attached hydrogen (secondary N) is 1. The van der Waals surface area contributed by atoms with Gasteiger partial charge in [-0.3, -0.25) is 14.6 Å². The zero-order valence-corrected chi connectivity index (χ0v) is 14.3. The van der Waals surface area contributed by atoms with E-state index in [2.05, 4.69) is 15.3 Å². The second kappa shape index (κ2) is 5.77. The molecule has 1 spiro atoms. The number of pyridine rings is 1. The van der Waals surface area contributed by atoms with Crippen LogP contribution in [-0.2, 0) is 10.2 Å². The van der Waals surface area contributed by atoms with Crippen LogP contribution in [0.15, 0.2) is 65.8 Å². The van der Waals surface area contributed by atoms with Crippen molar-refractivity contribution in [2.45, 2.75) is 17.9 Å². The van der Waals surface area contributed by atoms with Crippen molar-refractivity contribution in [1.29, 1.82) is 0 Å². The van der Waals surface area contributed by atoms with E-state index in [1.54, 1.807) is 17.3 Å². The number of rotatable bonds is 2. The first-order valence-electron chi connectivity index (χ1n) is 8.72. The van der Waals surface area contributed by atoms with Crippen LogP contribution in [0.25, 0.3) is 0 Å².